The first-order valence-corrected chi connectivity index (χ1v) is 11.5. The lowest BCUT2D eigenvalue weighted by Crippen LogP contribution is -2.49. The second kappa shape index (κ2) is 8.90. The zero-order valence-electron chi connectivity index (χ0n) is 16.7. The van der Waals surface area contributed by atoms with Gasteiger partial charge in [-0.15, -0.1) is 0 Å². The van der Waals surface area contributed by atoms with Gasteiger partial charge in [0.1, 0.15) is 5.75 Å². The van der Waals surface area contributed by atoms with Crippen LogP contribution >= 0.6 is 0 Å². The standard InChI is InChI=1S/C20H33N3O3S/c1-16-12-17(2)15-23(14-16)27(24,25)21-13-20(22-10-4-5-11-22)18-6-8-19(26-3)9-7-18/h6-9,16-17,20-21H,4-5,10-15H2,1-3H3. The Hall–Kier alpha value is -1.15. The van der Waals surface area contributed by atoms with Crippen molar-refractivity contribution in [1.82, 2.24) is 13.9 Å². The summed E-state index contributed by atoms with van der Waals surface area (Å²) in [5, 5.41) is 0. The molecule has 2 fully saturated rings. The third-order valence-corrected chi connectivity index (χ3v) is 7.23. The summed E-state index contributed by atoms with van der Waals surface area (Å²) in [5.41, 5.74) is 1.13. The van der Waals surface area contributed by atoms with E-state index in [1.807, 2.05) is 24.3 Å². The highest BCUT2D eigenvalue weighted by Crippen LogP contribution is 2.27. The van der Waals surface area contributed by atoms with Crippen molar-refractivity contribution < 1.29 is 13.2 Å². The average Bonchev–Trinajstić information content (AvgIpc) is 3.16. The maximum atomic E-state index is 12.9. The van der Waals surface area contributed by atoms with Crippen molar-refractivity contribution in [2.45, 2.75) is 39.2 Å². The number of ether oxygens (including phenoxy) is 1. The molecule has 0 radical (unpaired) electrons. The van der Waals surface area contributed by atoms with E-state index in [1.165, 1.54) is 12.8 Å². The quantitative estimate of drug-likeness (QED) is 0.771. The van der Waals surface area contributed by atoms with E-state index in [4.69, 9.17) is 4.74 Å². The molecular weight excluding hydrogens is 362 g/mol. The fourth-order valence-corrected chi connectivity index (χ4v) is 5.87. The van der Waals surface area contributed by atoms with Gasteiger partial charge in [-0.05, 0) is 61.9 Å². The molecule has 152 valence electrons. The third kappa shape index (κ3) is 5.22. The Balaban J connectivity index is 1.71. The Morgan fingerprint density at radius 2 is 1.70 bits per heavy atom. The van der Waals surface area contributed by atoms with E-state index < -0.39 is 10.2 Å². The van der Waals surface area contributed by atoms with Gasteiger partial charge in [-0.25, -0.2) is 4.72 Å². The molecule has 0 amide bonds. The zero-order chi connectivity index (χ0) is 19.4. The highest BCUT2D eigenvalue weighted by atomic mass is 32.2. The molecule has 1 aromatic rings. The molecule has 2 heterocycles. The number of nitrogens with zero attached hydrogens (tertiary/aromatic N) is 2. The lowest BCUT2D eigenvalue weighted by Gasteiger charge is -2.35. The van der Waals surface area contributed by atoms with Gasteiger partial charge in [0, 0.05) is 25.7 Å². The predicted octanol–water partition coefficient (Wildman–Crippen LogP) is 2.64. The molecule has 27 heavy (non-hydrogen) atoms. The fourth-order valence-electron chi connectivity index (χ4n) is 4.41. The minimum absolute atomic E-state index is 0.0489. The van der Waals surface area contributed by atoms with E-state index in [1.54, 1.807) is 11.4 Å². The van der Waals surface area contributed by atoms with Gasteiger partial charge >= 0.3 is 0 Å². The Kier molecular flexibility index (Phi) is 6.78. The van der Waals surface area contributed by atoms with E-state index in [0.29, 0.717) is 31.5 Å². The van der Waals surface area contributed by atoms with Crippen molar-refractivity contribution in [3.05, 3.63) is 29.8 Å². The summed E-state index contributed by atoms with van der Waals surface area (Å²) in [4.78, 5) is 2.38. The first-order valence-electron chi connectivity index (χ1n) is 10.0. The number of rotatable bonds is 7. The molecule has 2 aliphatic heterocycles. The van der Waals surface area contributed by atoms with Crippen molar-refractivity contribution in [3.63, 3.8) is 0 Å². The van der Waals surface area contributed by atoms with Gasteiger partial charge in [0.2, 0.25) is 0 Å². The van der Waals surface area contributed by atoms with Crippen LogP contribution in [-0.4, -0.2) is 57.5 Å². The molecule has 0 spiro atoms. The fraction of sp³-hybridized carbons (Fsp3) is 0.700. The van der Waals surface area contributed by atoms with E-state index >= 15 is 0 Å². The zero-order valence-corrected chi connectivity index (χ0v) is 17.5. The smallest absolute Gasteiger partial charge is 0.279 e. The summed E-state index contributed by atoms with van der Waals surface area (Å²) in [5.74, 6) is 1.62. The van der Waals surface area contributed by atoms with Crippen molar-refractivity contribution in [2.24, 2.45) is 11.8 Å². The van der Waals surface area contributed by atoms with Gasteiger partial charge in [0.15, 0.2) is 0 Å². The predicted molar refractivity (Wildman–Crippen MR) is 108 cm³/mol. The largest absolute Gasteiger partial charge is 0.497 e. The molecule has 1 aromatic carbocycles. The molecule has 0 saturated carbocycles. The first kappa shape index (κ1) is 20.6. The van der Waals surface area contributed by atoms with Crippen LogP contribution < -0.4 is 9.46 Å². The van der Waals surface area contributed by atoms with Crippen molar-refractivity contribution in [2.75, 3.05) is 39.8 Å². The normalized spacial score (nSPS) is 26.2. The van der Waals surface area contributed by atoms with E-state index in [-0.39, 0.29) is 6.04 Å². The maximum Gasteiger partial charge on any atom is 0.279 e. The molecule has 1 N–H and O–H groups in total. The minimum Gasteiger partial charge on any atom is -0.497 e. The number of benzene rings is 1. The van der Waals surface area contributed by atoms with Crippen LogP contribution in [0.2, 0.25) is 0 Å². The van der Waals surface area contributed by atoms with Crippen molar-refractivity contribution in [1.29, 1.82) is 0 Å². The molecule has 0 aromatic heterocycles. The van der Waals surface area contributed by atoms with Gasteiger partial charge in [-0.2, -0.15) is 12.7 Å². The first-order chi connectivity index (χ1) is 12.9. The highest BCUT2D eigenvalue weighted by molar-refractivity contribution is 7.87. The van der Waals surface area contributed by atoms with Crippen molar-refractivity contribution in [3.8, 4) is 5.75 Å². The third-order valence-electron chi connectivity index (χ3n) is 5.72. The summed E-state index contributed by atoms with van der Waals surface area (Å²) in [6, 6.07) is 8.03. The number of likely N-dealkylation sites (tertiary alicyclic amines) is 1. The van der Waals surface area contributed by atoms with Gasteiger partial charge in [-0.1, -0.05) is 26.0 Å². The van der Waals surface area contributed by atoms with Gasteiger partial charge in [0.05, 0.1) is 7.11 Å². The second-order valence-corrected chi connectivity index (χ2v) is 9.90. The number of hydrogen-bond acceptors (Lipinski definition) is 4. The highest BCUT2D eigenvalue weighted by Gasteiger charge is 2.32. The van der Waals surface area contributed by atoms with E-state index in [0.717, 1.165) is 30.8 Å². The average molecular weight is 396 g/mol. The van der Waals surface area contributed by atoms with Crippen LogP contribution in [0.5, 0.6) is 5.75 Å². The topological polar surface area (TPSA) is 61.9 Å². The van der Waals surface area contributed by atoms with E-state index in [2.05, 4.69) is 23.5 Å². The van der Waals surface area contributed by atoms with Gasteiger partial charge in [0.25, 0.3) is 10.2 Å². The Morgan fingerprint density at radius 1 is 1.11 bits per heavy atom. The summed E-state index contributed by atoms with van der Waals surface area (Å²) in [6.45, 7) is 7.89. The van der Waals surface area contributed by atoms with Crippen LogP contribution in [0.1, 0.15) is 44.7 Å². The molecule has 3 unspecified atom stereocenters. The van der Waals surface area contributed by atoms with E-state index in [9.17, 15) is 8.42 Å². The van der Waals surface area contributed by atoms with Crippen LogP contribution in [0.4, 0.5) is 0 Å². The van der Waals surface area contributed by atoms with Gasteiger partial charge in [-0.3, -0.25) is 4.90 Å². The molecule has 7 heteroatoms. The SMILES string of the molecule is COc1ccc(C(CNS(=O)(=O)N2CC(C)CC(C)C2)N2CCCC2)cc1. The molecule has 2 aliphatic rings. The lowest BCUT2D eigenvalue weighted by molar-refractivity contribution is 0.216. The van der Waals surface area contributed by atoms with Crippen LogP contribution in [0.3, 0.4) is 0 Å². The number of hydrogen-bond donors (Lipinski definition) is 1. The minimum atomic E-state index is -3.46. The van der Waals surface area contributed by atoms with Crippen LogP contribution in [0.25, 0.3) is 0 Å². The monoisotopic (exact) mass is 395 g/mol. The molecule has 3 rings (SSSR count). The summed E-state index contributed by atoms with van der Waals surface area (Å²) in [7, 11) is -1.81. The molecule has 6 nitrogen and oxygen atoms in total. The molecule has 0 bridgehead atoms. The van der Waals surface area contributed by atoms with Crippen molar-refractivity contribution >= 4 is 10.2 Å². The molecule has 0 aliphatic carbocycles. The Labute approximate surface area is 164 Å². The number of nitrogens with one attached hydrogen (secondary N) is 1. The Bertz CT molecular complexity index is 692. The summed E-state index contributed by atoms with van der Waals surface area (Å²) >= 11 is 0. The molecule has 3 atom stereocenters. The lowest BCUT2D eigenvalue weighted by atomic mass is 9.94. The van der Waals surface area contributed by atoms with Crippen LogP contribution in [-0.2, 0) is 10.2 Å². The maximum absolute atomic E-state index is 12.9. The van der Waals surface area contributed by atoms with Gasteiger partial charge < -0.3 is 4.74 Å². The summed E-state index contributed by atoms with van der Waals surface area (Å²) < 4.78 is 35.6. The molecular formula is C20H33N3O3S. The van der Waals surface area contributed by atoms with Crippen LogP contribution in [0, 0.1) is 11.8 Å². The summed E-state index contributed by atoms with van der Waals surface area (Å²) in [6.07, 6.45) is 3.43. The van der Waals surface area contributed by atoms with Crippen LogP contribution in [0.15, 0.2) is 24.3 Å². The second-order valence-electron chi connectivity index (χ2n) is 8.15. The number of methoxy groups -OCH3 is 1. The Morgan fingerprint density at radius 3 is 2.26 bits per heavy atom. The molecule has 2 saturated heterocycles. The number of piperidine rings is 1.